The van der Waals surface area contributed by atoms with Crippen LogP contribution in [0.3, 0.4) is 0 Å². The minimum Gasteiger partial charge on any atom is -0.337 e. The van der Waals surface area contributed by atoms with E-state index in [1.165, 1.54) is 0 Å². The fourth-order valence-corrected chi connectivity index (χ4v) is 3.26. The first kappa shape index (κ1) is 17.1. The van der Waals surface area contributed by atoms with E-state index in [0.29, 0.717) is 25.6 Å². The summed E-state index contributed by atoms with van der Waals surface area (Å²) in [5.41, 5.74) is 0. The van der Waals surface area contributed by atoms with Gasteiger partial charge in [-0.3, -0.25) is 9.58 Å². The number of aromatic nitrogens is 4. The maximum atomic E-state index is 13.9. The van der Waals surface area contributed by atoms with Gasteiger partial charge in [-0.05, 0) is 25.8 Å². The van der Waals surface area contributed by atoms with Crippen molar-refractivity contribution >= 4 is 0 Å². The summed E-state index contributed by atoms with van der Waals surface area (Å²) in [6.45, 7) is 5.09. The van der Waals surface area contributed by atoms with Crippen molar-refractivity contribution in [3.05, 3.63) is 36.7 Å². The van der Waals surface area contributed by atoms with Gasteiger partial charge in [-0.2, -0.15) is 5.10 Å². The summed E-state index contributed by atoms with van der Waals surface area (Å²) in [4.78, 5) is 6.57. The van der Waals surface area contributed by atoms with E-state index in [0.717, 1.165) is 25.3 Å². The molecule has 2 aromatic rings. The molecule has 3 rings (SSSR count). The van der Waals surface area contributed by atoms with Gasteiger partial charge in [0.05, 0.1) is 6.54 Å². The van der Waals surface area contributed by atoms with E-state index in [4.69, 9.17) is 0 Å². The molecule has 132 valence electrons. The number of nitrogens with zero attached hydrogens (tertiary/aromatic N) is 5. The molecule has 7 heteroatoms. The maximum Gasteiger partial charge on any atom is 0.122 e. The summed E-state index contributed by atoms with van der Waals surface area (Å²) in [5.74, 6) is 0.987. The molecule has 1 N–H and O–H groups in total. The molecule has 1 fully saturated rings. The number of hydrogen-bond donors (Lipinski definition) is 1. The standard InChI is InChI=1S/C17H27FN6/c1-14(4-8-24-7-3-5-21-24)20-11-16-10-15(18)12-23(16)13-17-19-6-9-22(17)2/h3,5-7,9,14-16,20H,4,8,10-13H2,1-2H3/t14-,15+,16+/m1/s1. The molecule has 1 aliphatic rings. The Bertz CT molecular complexity index is 610. The SMILES string of the molecule is C[C@H](CCn1cccn1)NC[C@@H]1C[C@H](F)CN1Cc1nccn1C. The maximum absolute atomic E-state index is 13.9. The predicted molar refractivity (Wildman–Crippen MR) is 91.2 cm³/mol. The Balaban J connectivity index is 1.46. The van der Waals surface area contributed by atoms with Crippen LogP contribution in [0.25, 0.3) is 0 Å². The molecule has 24 heavy (non-hydrogen) atoms. The van der Waals surface area contributed by atoms with Gasteiger partial charge in [0.25, 0.3) is 0 Å². The van der Waals surface area contributed by atoms with Crippen LogP contribution >= 0.6 is 0 Å². The third-order valence-electron chi connectivity index (χ3n) is 4.79. The summed E-state index contributed by atoms with van der Waals surface area (Å²) in [5, 5.41) is 7.77. The van der Waals surface area contributed by atoms with Gasteiger partial charge in [0.2, 0.25) is 0 Å². The first-order valence-electron chi connectivity index (χ1n) is 8.67. The Morgan fingerprint density at radius 2 is 2.25 bits per heavy atom. The monoisotopic (exact) mass is 334 g/mol. The third kappa shape index (κ3) is 4.42. The summed E-state index contributed by atoms with van der Waals surface area (Å²) in [6, 6.07) is 2.54. The number of nitrogens with one attached hydrogen (secondary N) is 1. The van der Waals surface area contributed by atoms with Crippen molar-refractivity contribution in [1.29, 1.82) is 0 Å². The van der Waals surface area contributed by atoms with Crippen LogP contribution in [0, 0.1) is 0 Å². The molecular formula is C17H27FN6. The van der Waals surface area contributed by atoms with E-state index in [-0.39, 0.29) is 6.04 Å². The van der Waals surface area contributed by atoms with Crippen LogP contribution in [0.2, 0.25) is 0 Å². The van der Waals surface area contributed by atoms with E-state index in [9.17, 15) is 4.39 Å². The lowest BCUT2D eigenvalue weighted by Gasteiger charge is -2.25. The lowest BCUT2D eigenvalue weighted by Crippen LogP contribution is -2.41. The summed E-state index contributed by atoms with van der Waals surface area (Å²) in [6.07, 6.45) is 8.37. The van der Waals surface area contributed by atoms with Crippen molar-refractivity contribution in [2.24, 2.45) is 7.05 Å². The van der Waals surface area contributed by atoms with Crippen LogP contribution in [-0.4, -0.2) is 55.6 Å². The van der Waals surface area contributed by atoms with Crippen LogP contribution in [0.5, 0.6) is 0 Å². The molecule has 0 aromatic carbocycles. The molecule has 1 saturated heterocycles. The van der Waals surface area contributed by atoms with E-state index >= 15 is 0 Å². The van der Waals surface area contributed by atoms with Crippen molar-refractivity contribution in [2.75, 3.05) is 13.1 Å². The number of imidazole rings is 1. The Morgan fingerprint density at radius 1 is 1.38 bits per heavy atom. The molecule has 0 aliphatic carbocycles. The molecule has 0 unspecified atom stereocenters. The van der Waals surface area contributed by atoms with Crippen LogP contribution in [0.4, 0.5) is 4.39 Å². The molecule has 3 heterocycles. The Kier molecular flexibility index (Phi) is 5.63. The van der Waals surface area contributed by atoms with Gasteiger partial charge >= 0.3 is 0 Å². The minimum absolute atomic E-state index is 0.226. The second-order valence-corrected chi connectivity index (χ2v) is 6.74. The average Bonchev–Trinajstić information content (AvgIpc) is 3.27. The highest BCUT2D eigenvalue weighted by molar-refractivity contribution is 4.95. The van der Waals surface area contributed by atoms with Crippen molar-refractivity contribution in [3.63, 3.8) is 0 Å². The summed E-state index contributed by atoms with van der Waals surface area (Å²) >= 11 is 0. The van der Waals surface area contributed by atoms with E-state index < -0.39 is 6.17 Å². The molecular weight excluding hydrogens is 307 g/mol. The first-order chi connectivity index (χ1) is 11.6. The summed E-state index contributed by atoms with van der Waals surface area (Å²) < 4.78 is 17.8. The number of rotatable bonds is 8. The predicted octanol–water partition coefficient (Wildman–Crippen LogP) is 1.60. The topological polar surface area (TPSA) is 50.9 Å². The normalized spacial score (nSPS) is 23.0. The minimum atomic E-state index is -0.739. The molecule has 3 atom stereocenters. The van der Waals surface area contributed by atoms with Gasteiger partial charge < -0.3 is 9.88 Å². The largest absolute Gasteiger partial charge is 0.337 e. The molecule has 0 bridgehead atoms. The average molecular weight is 334 g/mol. The highest BCUT2D eigenvalue weighted by atomic mass is 19.1. The molecule has 2 aromatic heterocycles. The van der Waals surface area contributed by atoms with Crippen molar-refractivity contribution < 1.29 is 4.39 Å². The number of likely N-dealkylation sites (tertiary alicyclic amines) is 1. The Hall–Kier alpha value is -1.73. The van der Waals surface area contributed by atoms with Crippen molar-refractivity contribution in [1.82, 2.24) is 29.5 Å². The fraction of sp³-hybridized carbons (Fsp3) is 0.647. The highest BCUT2D eigenvalue weighted by Gasteiger charge is 2.32. The van der Waals surface area contributed by atoms with Gasteiger partial charge in [0.15, 0.2) is 0 Å². The van der Waals surface area contributed by atoms with Gasteiger partial charge in [0, 0.05) is 63.6 Å². The zero-order chi connectivity index (χ0) is 16.9. The van der Waals surface area contributed by atoms with Crippen LogP contribution < -0.4 is 5.32 Å². The van der Waals surface area contributed by atoms with Gasteiger partial charge in [-0.25, -0.2) is 9.37 Å². The summed E-state index contributed by atoms with van der Waals surface area (Å²) in [7, 11) is 1.98. The lowest BCUT2D eigenvalue weighted by atomic mass is 10.1. The second kappa shape index (κ2) is 7.90. The van der Waals surface area contributed by atoms with Gasteiger partial charge in [0.1, 0.15) is 12.0 Å². The zero-order valence-electron chi connectivity index (χ0n) is 14.5. The zero-order valence-corrected chi connectivity index (χ0v) is 14.5. The van der Waals surface area contributed by atoms with E-state index in [1.807, 2.05) is 34.8 Å². The molecule has 0 spiro atoms. The molecule has 0 radical (unpaired) electrons. The molecule has 0 saturated carbocycles. The fourth-order valence-electron chi connectivity index (χ4n) is 3.26. The Morgan fingerprint density at radius 3 is 2.96 bits per heavy atom. The van der Waals surface area contributed by atoms with Crippen LogP contribution in [0.1, 0.15) is 25.6 Å². The highest BCUT2D eigenvalue weighted by Crippen LogP contribution is 2.22. The van der Waals surface area contributed by atoms with Crippen LogP contribution in [0.15, 0.2) is 30.9 Å². The third-order valence-corrected chi connectivity index (χ3v) is 4.79. The second-order valence-electron chi connectivity index (χ2n) is 6.74. The molecule has 0 amide bonds. The Labute approximate surface area is 142 Å². The molecule has 1 aliphatic heterocycles. The van der Waals surface area contributed by atoms with E-state index in [2.05, 4.69) is 27.2 Å². The first-order valence-corrected chi connectivity index (χ1v) is 8.67. The lowest BCUT2D eigenvalue weighted by molar-refractivity contribution is 0.219. The number of aryl methyl sites for hydroxylation is 2. The quantitative estimate of drug-likeness (QED) is 0.797. The number of alkyl halides is 1. The van der Waals surface area contributed by atoms with E-state index in [1.54, 1.807) is 12.4 Å². The number of halogens is 1. The smallest absolute Gasteiger partial charge is 0.122 e. The van der Waals surface area contributed by atoms with Crippen LogP contribution in [-0.2, 0) is 20.1 Å². The van der Waals surface area contributed by atoms with Gasteiger partial charge in [-0.15, -0.1) is 0 Å². The number of hydrogen-bond acceptors (Lipinski definition) is 4. The van der Waals surface area contributed by atoms with Crippen molar-refractivity contribution in [3.8, 4) is 0 Å². The van der Waals surface area contributed by atoms with Gasteiger partial charge in [-0.1, -0.05) is 0 Å². The molecule has 6 nitrogen and oxygen atoms in total. The van der Waals surface area contributed by atoms with Crippen molar-refractivity contribution in [2.45, 2.75) is 51.1 Å².